The summed E-state index contributed by atoms with van der Waals surface area (Å²) >= 11 is 8.64. The van der Waals surface area contributed by atoms with Crippen LogP contribution >= 0.6 is 28.1 Å². The van der Waals surface area contributed by atoms with Crippen LogP contribution in [-0.2, 0) is 0 Å². The Hall–Kier alpha value is -1.39. The average Bonchev–Trinajstić information content (AvgIpc) is 2.36. The SMILES string of the molecule is Cc1ccc(Nc2c(C)cccc2C(N)=S)cc1Br. The number of halogens is 1. The van der Waals surface area contributed by atoms with Crippen molar-refractivity contribution in [1.29, 1.82) is 0 Å². The number of nitrogens with one attached hydrogen (secondary N) is 1. The van der Waals surface area contributed by atoms with Crippen molar-refractivity contribution in [2.24, 2.45) is 5.73 Å². The molecule has 98 valence electrons. The first-order chi connectivity index (χ1) is 8.99. The molecule has 0 aliphatic heterocycles. The molecule has 0 fully saturated rings. The van der Waals surface area contributed by atoms with Crippen LogP contribution < -0.4 is 11.1 Å². The summed E-state index contributed by atoms with van der Waals surface area (Å²) in [6.45, 7) is 4.09. The summed E-state index contributed by atoms with van der Waals surface area (Å²) < 4.78 is 1.07. The molecule has 19 heavy (non-hydrogen) atoms. The van der Waals surface area contributed by atoms with E-state index in [-0.39, 0.29) is 0 Å². The lowest BCUT2D eigenvalue weighted by atomic mass is 10.1. The van der Waals surface area contributed by atoms with Crippen molar-refractivity contribution in [2.75, 3.05) is 5.32 Å². The molecule has 0 spiro atoms. The van der Waals surface area contributed by atoms with Crippen molar-refractivity contribution in [1.82, 2.24) is 0 Å². The van der Waals surface area contributed by atoms with Crippen molar-refractivity contribution < 1.29 is 0 Å². The molecule has 2 aromatic carbocycles. The summed E-state index contributed by atoms with van der Waals surface area (Å²) in [6, 6.07) is 12.1. The summed E-state index contributed by atoms with van der Waals surface area (Å²) in [5, 5.41) is 3.39. The zero-order chi connectivity index (χ0) is 14.0. The molecule has 2 aromatic rings. The lowest BCUT2D eigenvalue weighted by Gasteiger charge is -2.14. The molecule has 0 amide bonds. The lowest BCUT2D eigenvalue weighted by Crippen LogP contribution is -2.12. The summed E-state index contributed by atoms with van der Waals surface area (Å²) in [6.07, 6.45) is 0. The van der Waals surface area contributed by atoms with Crippen LogP contribution in [0.5, 0.6) is 0 Å². The molecule has 0 unspecified atom stereocenters. The van der Waals surface area contributed by atoms with Crippen molar-refractivity contribution >= 4 is 44.5 Å². The van der Waals surface area contributed by atoms with Gasteiger partial charge in [0.05, 0.1) is 5.69 Å². The largest absolute Gasteiger partial charge is 0.389 e. The maximum atomic E-state index is 5.77. The molecule has 0 bridgehead atoms. The van der Waals surface area contributed by atoms with Gasteiger partial charge < -0.3 is 11.1 Å². The summed E-state index contributed by atoms with van der Waals surface area (Å²) in [7, 11) is 0. The van der Waals surface area contributed by atoms with Gasteiger partial charge in [-0.15, -0.1) is 0 Å². The number of benzene rings is 2. The molecule has 2 nitrogen and oxygen atoms in total. The predicted molar refractivity (Wildman–Crippen MR) is 89.2 cm³/mol. The molecule has 4 heteroatoms. The molecular weight excluding hydrogens is 320 g/mol. The van der Waals surface area contributed by atoms with Crippen molar-refractivity contribution in [3.8, 4) is 0 Å². The highest BCUT2D eigenvalue weighted by Crippen LogP contribution is 2.27. The average molecular weight is 335 g/mol. The molecule has 0 aromatic heterocycles. The van der Waals surface area contributed by atoms with E-state index in [1.54, 1.807) is 0 Å². The van der Waals surface area contributed by atoms with E-state index in [9.17, 15) is 0 Å². The van der Waals surface area contributed by atoms with E-state index in [0.29, 0.717) is 4.99 Å². The van der Waals surface area contributed by atoms with Crippen LogP contribution in [0.1, 0.15) is 16.7 Å². The van der Waals surface area contributed by atoms with Crippen LogP contribution in [0.2, 0.25) is 0 Å². The normalized spacial score (nSPS) is 10.3. The van der Waals surface area contributed by atoms with E-state index in [4.69, 9.17) is 18.0 Å². The van der Waals surface area contributed by atoms with Gasteiger partial charge in [0.15, 0.2) is 0 Å². The van der Waals surface area contributed by atoms with Crippen LogP contribution in [0, 0.1) is 13.8 Å². The summed E-state index contributed by atoms with van der Waals surface area (Å²) in [4.78, 5) is 0.400. The number of anilines is 2. The van der Waals surface area contributed by atoms with Gasteiger partial charge in [-0.2, -0.15) is 0 Å². The van der Waals surface area contributed by atoms with E-state index >= 15 is 0 Å². The Morgan fingerprint density at radius 1 is 1.16 bits per heavy atom. The third-order valence-corrected chi connectivity index (χ3v) is 4.05. The number of hydrogen-bond acceptors (Lipinski definition) is 2. The number of hydrogen-bond donors (Lipinski definition) is 2. The highest BCUT2D eigenvalue weighted by molar-refractivity contribution is 9.10. The van der Waals surface area contributed by atoms with Gasteiger partial charge >= 0.3 is 0 Å². The fourth-order valence-electron chi connectivity index (χ4n) is 1.85. The van der Waals surface area contributed by atoms with E-state index in [1.165, 1.54) is 5.56 Å². The minimum absolute atomic E-state index is 0.400. The maximum absolute atomic E-state index is 5.77. The van der Waals surface area contributed by atoms with Gasteiger partial charge in [-0.1, -0.05) is 46.3 Å². The van der Waals surface area contributed by atoms with E-state index in [2.05, 4.69) is 34.2 Å². The van der Waals surface area contributed by atoms with Crippen molar-refractivity contribution in [3.05, 3.63) is 57.6 Å². The van der Waals surface area contributed by atoms with Gasteiger partial charge in [0, 0.05) is 15.7 Å². The highest BCUT2D eigenvalue weighted by Gasteiger charge is 2.08. The zero-order valence-corrected chi connectivity index (χ0v) is 13.2. The minimum atomic E-state index is 0.400. The standard InChI is InChI=1S/C15H15BrN2S/c1-9-6-7-11(8-13(9)16)18-14-10(2)4-3-5-12(14)15(17)19/h3-8,18H,1-2H3,(H2,17,19). The summed E-state index contributed by atoms with van der Waals surface area (Å²) in [5.74, 6) is 0. The zero-order valence-electron chi connectivity index (χ0n) is 10.8. The number of nitrogens with two attached hydrogens (primary N) is 1. The van der Waals surface area contributed by atoms with E-state index in [0.717, 1.165) is 27.0 Å². The third kappa shape index (κ3) is 3.14. The molecular formula is C15H15BrN2S. The van der Waals surface area contributed by atoms with Crippen LogP contribution in [-0.4, -0.2) is 4.99 Å². The molecule has 0 saturated carbocycles. The van der Waals surface area contributed by atoms with Crippen LogP contribution in [0.15, 0.2) is 40.9 Å². The number of thiocarbonyl (C=S) groups is 1. The Bertz CT molecular complexity index is 638. The van der Waals surface area contributed by atoms with Gasteiger partial charge in [0.2, 0.25) is 0 Å². The van der Waals surface area contributed by atoms with Crippen LogP contribution in [0.3, 0.4) is 0 Å². The number of para-hydroxylation sites is 1. The van der Waals surface area contributed by atoms with Gasteiger partial charge in [-0.25, -0.2) is 0 Å². The van der Waals surface area contributed by atoms with E-state index in [1.807, 2.05) is 37.3 Å². The van der Waals surface area contributed by atoms with Crippen molar-refractivity contribution in [3.63, 3.8) is 0 Å². The van der Waals surface area contributed by atoms with Gasteiger partial charge in [0.25, 0.3) is 0 Å². The first kappa shape index (κ1) is 14.0. The van der Waals surface area contributed by atoms with E-state index < -0.39 is 0 Å². The third-order valence-electron chi connectivity index (χ3n) is 2.98. The molecule has 3 N–H and O–H groups in total. The first-order valence-corrected chi connectivity index (χ1v) is 7.12. The first-order valence-electron chi connectivity index (χ1n) is 5.91. The molecule has 0 heterocycles. The minimum Gasteiger partial charge on any atom is -0.389 e. The van der Waals surface area contributed by atoms with Gasteiger partial charge in [-0.05, 0) is 43.2 Å². The number of rotatable bonds is 3. The van der Waals surface area contributed by atoms with Gasteiger partial charge in [-0.3, -0.25) is 0 Å². The second kappa shape index (κ2) is 5.72. The number of aryl methyl sites for hydroxylation is 2. The van der Waals surface area contributed by atoms with Crippen LogP contribution in [0.4, 0.5) is 11.4 Å². The quantitative estimate of drug-likeness (QED) is 0.814. The van der Waals surface area contributed by atoms with Gasteiger partial charge in [0.1, 0.15) is 4.99 Å². The molecule has 2 rings (SSSR count). The molecule has 0 aliphatic rings. The molecule has 0 aliphatic carbocycles. The topological polar surface area (TPSA) is 38.0 Å². The smallest absolute Gasteiger partial charge is 0.106 e. The Balaban J connectivity index is 2.42. The maximum Gasteiger partial charge on any atom is 0.106 e. The molecule has 0 saturated heterocycles. The Labute approximate surface area is 127 Å². The summed E-state index contributed by atoms with van der Waals surface area (Å²) in [5.41, 5.74) is 10.9. The highest BCUT2D eigenvalue weighted by atomic mass is 79.9. The monoisotopic (exact) mass is 334 g/mol. The molecule has 0 atom stereocenters. The fraction of sp³-hybridized carbons (Fsp3) is 0.133. The molecule has 0 radical (unpaired) electrons. The Morgan fingerprint density at radius 3 is 2.53 bits per heavy atom. The predicted octanol–water partition coefficient (Wildman–Crippen LogP) is 4.44. The Kier molecular flexibility index (Phi) is 4.22. The second-order valence-corrected chi connectivity index (χ2v) is 5.74. The fourth-order valence-corrected chi connectivity index (χ4v) is 2.40. The Morgan fingerprint density at radius 2 is 1.89 bits per heavy atom. The van der Waals surface area contributed by atoms with Crippen molar-refractivity contribution in [2.45, 2.75) is 13.8 Å². The second-order valence-electron chi connectivity index (χ2n) is 4.45. The lowest BCUT2D eigenvalue weighted by molar-refractivity contribution is 1.39. The van der Waals surface area contributed by atoms with Crippen LogP contribution in [0.25, 0.3) is 0 Å².